The topological polar surface area (TPSA) is 119 Å². The third-order valence-corrected chi connectivity index (χ3v) is 1.68. The predicted octanol–water partition coefficient (Wildman–Crippen LogP) is -2.52. The fraction of sp³-hybridized carbons (Fsp3) is 0.875. The summed E-state index contributed by atoms with van der Waals surface area (Å²) in [5, 5.41) is 35.8. The average molecular weight is 206 g/mol. The Kier molecular flexibility index (Phi) is 7.54. The van der Waals surface area contributed by atoms with Gasteiger partial charge < -0.3 is 26.2 Å². The Balaban J connectivity index is 3.81. The van der Waals surface area contributed by atoms with Crippen molar-refractivity contribution in [3.05, 3.63) is 0 Å². The standard InChI is InChI=1S/C8H18N2O4/c9-2-1-3-10-4-6(12)8(14)7(13)5-11/h4,6-8,11-14H,1-3,5,9H2. The molecule has 0 bridgehead atoms. The quantitative estimate of drug-likeness (QED) is 0.233. The van der Waals surface area contributed by atoms with E-state index >= 15 is 0 Å². The molecule has 0 amide bonds. The monoisotopic (exact) mass is 206 g/mol. The van der Waals surface area contributed by atoms with E-state index in [-0.39, 0.29) is 0 Å². The molecule has 6 N–H and O–H groups in total. The molecule has 0 aliphatic heterocycles. The highest BCUT2D eigenvalue weighted by atomic mass is 16.4. The van der Waals surface area contributed by atoms with E-state index in [1.165, 1.54) is 0 Å². The normalized spacial score (nSPS) is 18.4. The second kappa shape index (κ2) is 7.84. The maximum atomic E-state index is 9.22. The molecule has 84 valence electrons. The van der Waals surface area contributed by atoms with Gasteiger partial charge in [0.2, 0.25) is 0 Å². The minimum absolute atomic E-state index is 0.468. The van der Waals surface area contributed by atoms with Crippen molar-refractivity contribution < 1.29 is 20.4 Å². The molecule has 3 atom stereocenters. The summed E-state index contributed by atoms with van der Waals surface area (Å²) in [5.74, 6) is 0. The van der Waals surface area contributed by atoms with Crippen LogP contribution in [-0.4, -0.2) is 64.6 Å². The fourth-order valence-electron chi connectivity index (χ4n) is 0.789. The largest absolute Gasteiger partial charge is 0.394 e. The summed E-state index contributed by atoms with van der Waals surface area (Å²) in [6, 6.07) is 0. The molecule has 0 heterocycles. The third kappa shape index (κ3) is 5.25. The zero-order chi connectivity index (χ0) is 11.0. The van der Waals surface area contributed by atoms with E-state index in [4.69, 9.17) is 21.1 Å². The Morgan fingerprint density at radius 3 is 2.43 bits per heavy atom. The first-order valence-electron chi connectivity index (χ1n) is 4.48. The number of hydrogen-bond acceptors (Lipinski definition) is 6. The van der Waals surface area contributed by atoms with Crippen LogP contribution in [0.15, 0.2) is 4.99 Å². The Labute approximate surface area is 82.7 Å². The smallest absolute Gasteiger partial charge is 0.117 e. The van der Waals surface area contributed by atoms with E-state index in [1.807, 2.05) is 0 Å². The van der Waals surface area contributed by atoms with Gasteiger partial charge in [-0.15, -0.1) is 0 Å². The second-order valence-corrected chi connectivity index (χ2v) is 2.93. The van der Waals surface area contributed by atoms with Crippen LogP contribution in [0.3, 0.4) is 0 Å². The molecule has 0 aromatic carbocycles. The molecule has 0 aromatic heterocycles. The Hall–Kier alpha value is -0.530. The van der Waals surface area contributed by atoms with E-state index in [9.17, 15) is 5.11 Å². The van der Waals surface area contributed by atoms with E-state index in [2.05, 4.69) is 4.99 Å². The van der Waals surface area contributed by atoms with Gasteiger partial charge in [0, 0.05) is 12.8 Å². The van der Waals surface area contributed by atoms with Crippen molar-refractivity contribution in [3.8, 4) is 0 Å². The van der Waals surface area contributed by atoms with Crippen molar-refractivity contribution in [2.24, 2.45) is 10.7 Å². The van der Waals surface area contributed by atoms with E-state index in [0.717, 1.165) is 6.21 Å². The Bertz CT molecular complexity index is 165. The Morgan fingerprint density at radius 2 is 1.93 bits per heavy atom. The second-order valence-electron chi connectivity index (χ2n) is 2.93. The lowest BCUT2D eigenvalue weighted by Gasteiger charge is -2.18. The highest BCUT2D eigenvalue weighted by Gasteiger charge is 2.22. The van der Waals surface area contributed by atoms with Crippen molar-refractivity contribution in [2.75, 3.05) is 19.7 Å². The van der Waals surface area contributed by atoms with Crippen LogP contribution in [0.2, 0.25) is 0 Å². The zero-order valence-electron chi connectivity index (χ0n) is 7.95. The molecule has 0 aliphatic rings. The first kappa shape index (κ1) is 13.5. The van der Waals surface area contributed by atoms with E-state index in [0.29, 0.717) is 19.5 Å². The minimum Gasteiger partial charge on any atom is -0.394 e. The van der Waals surface area contributed by atoms with Crippen molar-refractivity contribution >= 4 is 6.21 Å². The number of nitrogens with two attached hydrogens (primary N) is 1. The van der Waals surface area contributed by atoms with Crippen LogP contribution < -0.4 is 5.73 Å². The fourth-order valence-corrected chi connectivity index (χ4v) is 0.789. The molecule has 0 saturated carbocycles. The van der Waals surface area contributed by atoms with Crippen molar-refractivity contribution in [2.45, 2.75) is 24.7 Å². The molecule has 3 unspecified atom stereocenters. The van der Waals surface area contributed by atoms with Crippen LogP contribution in [0.1, 0.15) is 6.42 Å². The molecule has 6 heteroatoms. The molecule has 14 heavy (non-hydrogen) atoms. The lowest BCUT2D eigenvalue weighted by atomic mass is 10.1. The summed E-state index contributed by atoms with van der Waals surface area (Å²) in [4.78, 5) is 3.79. The van der Waals surface area contributed by atoms with Crippen molar-refractivity contribution in [1.29, 1.82) is 0 Å². The van der Waals surface area contributed by atoms with Crippen LogP contribution in [0.5, 0.6) is 0 Å². The van der Waals surface area contributed by atoms with Gasteiger partial charge in [0.1, 0.15) is 18.3 Å². The van der Waals surface area contributed by atoms with E-state index in [1.54, 1.807) is 0 Å². The number of aliphatic hydroxyl groups excluding tert-OH is 4. The van der Waals surface area contributed by atoms with Gasteiger partial charge in [0.25, 0.3) is 0 Å². The summed E-state index contributed by atoms with van der Waals surface area (Å²) >= 11 is 0. The molecule has 0 radical (unpaired) electrons. The third-order valence-electron chi connectivity index (χ3n) is 1.68. The molecule has 0 fully saturated rings. The lowest BCUT2D eigenvalue weighted by Crippen LogP contribution is -2.40. The minimum atomic E-state index is -1.42. The molecule has 0 aromatic rings. The summed E-state index contributed by atoms with van der Waals surface area (Å²) in [6.45, 7) is 0.375. The molecular weight excluding hydrogens is 188 g/mol. The SMILES string of the molecule is NCCCN=CC(O)C(O)C(O)CO. The van der Waals surface area contributed by atoms with Crippen molar-refractivity contribution in [1.82, 2.24) is 0 Å². The number of nitrogens with zero attached hydrogens (tertiary/aromatic N) is 1. The summed E-state index contributed by atoms with van der Waals surface area (Å²) in [5.41, 5.74) is 5.22. The van der Waals surface area contributed by atoms with Gasteiger partial charge in [-0.2, -0.15) is 0 Å². The maximum Gasteiger partial charge on any atom is 0.117 e. The van der Waals surface area contributed by atoms with Gasteiger partial charge in [0.05, 0.1) is 6.61 Å². The van der Waals surface area contributed by atoms with E-state index < -0.39 is 24.9 Å². The number of rotatable bonds is 7. The van der Waals surface area contributed by atoms with Gasteiger partial charge in [-0.25, -0.2) is 0 Å². The number of aliphatic hydroxyl groups is 4. The van der Waals surface area contributed by atoms with Crippen LogP contribution >= 0.6 is 0 Å². The van der Waals surface area contributed by atoms with Crippen LogP contribution in [0, 0.1) is 0 Å². The summed E-state index contributed by atoms with van der Waals surface area (Å²) in [6.07, 6.45) is -2.20. The van der Waals surface area contributed by atoms with Gasteiger partial charge in [-0.05, 0) is 13.0 Å². The highest BCUT2D eigenvalue weighted by Crippen LogP contribution is 1.97. The average Bonchev–Trinajstić information content (AvgIpc) is 2.21. The zero-order valence-corrected chi connectivity index (χ0v) is 7.95. The van der Waals surface area contributed by atoms with Gasteiger partial charge in [0.15, 0.2) is 0 Å². The molecule has 0 rings (SSSR count). The molecule has 6 nitrogen and oxygen atoms in total. The predicted molar refractivity (Wildman–Crippen MR) is 52.1 cm³/mol. The van der Waals surface area contributed by atoms with Crippen LogP contribution in [0.4, 0.5) is 0 Å². The summed E-state index contributed by atoms with van der Waals surface area (Å²) in [7, 11) is 0. The van der Waals surface area contributed by atoms with Crippen molar-refractivity contribution in [3.63, 3.8) is 0 Å². The van der Waals surface area contributed by atoms with Gasteiger partial charge in [-0.3, -0.25) is 4.99 Å². The van der Waals surface area contributed by atoms with Crippen LogP contribution in [-0.2, 0) is 0 Å². The molecule has 0 aliphatic carbocycles. The molecule has 0 saturated heterocycles. The van der Waals surface area contributed by atoms with Gasteiger partial charge in [-0.1, -0.05) is 0 Å². The lowest BCUT2D eigenvalue weighted by molar-refractivity contribution is -0.0541. The Morgan fingerprint density at radius 1 is 1.29 bits per heavy atom. The number of hydrogen-bond donors (Lipinski definition) is 5. The highest BCUT2D eigenvalue weighted by molar-refractivity contribution is 5.63. The van der Waals surface area contributed by atoms with Gasteiger partial charge >= 0.3 is 0 Å². The first-order valence-corrected chi connectivity index (χ1v) is 4.48. The van der Waals surface area contributed by atoms with Crippen LogP contribution in [0.25, 0.3) is 0 Å². The number of aliphatic imine (C=N–C) groups is 1. The maximum absolute atomic E-state index is 9.22. The molecule has 0 spiro atoms. The first-order chi connectivity index (χ1) is 6.63. The molecular formula is C8H18N2O4. The summed E-state index contributed by atoms with van der Waals surface area (Å²) < 4.78 is 0.